The van der Waals surface area contributed by atoms with Gasteiger partial charge in [0, 0.05) is 17.3 Å². The van der Waals surface area contributed by atoms with Crippen molar-refractivity contribution in [2.75, 3.05) is 12.4 Å². The molecule has 1 heterocycles. The molecule has 2 aromatic carbocycles. The standard InChI is InChI=1S/C18H18N4O2S/c1-12-5-3-6-13(9-12)17-21-16(24-22-17)11-19-18(25)20-14-7-4-8-15(10-14)23-2/h3-10H,11H2,1-2H3,(H2,19,20,25). The molecule has 0 aliphatic heterocycles. The maximum absolute atomic E-state index is 5.28. The van der Waals surface area contributed by atoms with Crippen LogP contribution in [0.1, 0.15) is 11.5 Å². The highest BCUT2D eigenvalue weighted by atomic mass is 32.1. The second kappa shape index (κ2) is 7.76. The minimum atomic E-state index is 0.342. The molecule has 0 spiro atoms. The van der Waals surface area contributed by atoms with E-state index in [-0.39, 0.29) is 0 Å². The van der Waals surface area contributed by atoms with Crippen LogP contribution in [-0.2, 0) is 6.54 Å². The number of ether oxygens (including phenoxy) is 1. The van der Waals surface area contributed by atoms with Gasteiger partial charge in [-0.2, -0.15) is 4.98 Å². The SMILES string of the molecule is COc1cccc(NC(=S)NCc2nc(-c3cccc(C)c3)no2)c1. The van der Waals surface area contributed by atoms with Crippen LogP contribution in [0.4, 0.5) is 5.69 Å². The number of hydrogen-bond acceptors (Lipinski definition) is 5. The third-order valence-electron chi connectivity index (χ3n) is 3.47. The Bertz CT molecular complexity index is 879. The molecule has 0 amide bonds. The van der Waals surface area contributed by atoms with Crippen molar-refractivity contribution in [1.29, 1.82) is 0 Å². The van der Waals surface area contributed by atoms with E-state index in [1.165, 1.54) is 0 Å². The third kappa shape index (κ3) is 4.54. The summed E-state index contributed by atoms with van der Waals surface area (Å²) in [5.41, 5.74) is 2.90. The fourth-order valence-corrected chi connectivity index (χ4v) is 2.45. The summed E-state index contributed by atoms with van der Waals surface area (Å²) in [4.78, 5) is 4.38. The zero-order chi connectivity index (χ0) is 17.6. The largest absolute Gasteiger partial charge is 0.497 e. The Morgan fingerprint density at radius 1 is 1.20 bits per heavy atom. The summed E-state index contributed by atoms with van der Waals surface area (Å²) in [6.07, 6.45) is 0. The molecule has 0 atom stereocenters. The number of anilines is 1. The zero-order valence-electron chi connectivity index (χ0n) is 13.9. The molecular formula is C18H18N4O2S. The quantitative estimate of drug-likeness (QED) is 0.679. The van der Waals surface area contributed by atoms with E-state index in [2.05, 4.69) is 20.8 Å². The first kappa shape index (κ1) is 16.9. The first-order valence-electron chi connectivity index (χ1n) is 7.72. The lowest BCUT2D eigenvalue weighted by Crippen LogP contribution is -2.28. The molecule has 0 radical (unpaired) electrons. The van der Waals surface area contributed by atoms with Crippen molar-refractivity contribution in [1.82, 2.24) is 15.5 Å². The highest BCUT2D eigenvalue weighted by Crippen LogP contribution is 2.18. The third-order valence-corrected chi connectivity index (χ3v) is 3.72. The van der Waals surface area contributed by atoms with E-state index in [0.717, 1.165) is 22.6 Å². The van der Waals surface area contributed by atoms with E-state index in [4.69, 9.17) is 21.5 Å². The summed E-state index contributed by atoms with van der Waals surface area (Å²) < 4.78 is 10.4. The van der Waals surface area contributed by atoms with Gasteiger partial charge < -0.3 is 19.9 Å². The van der Waals surface area contributed by atoms with Gasteiger partial charge in [0.05, 0.1) is 13.7 Å². The van der Waals surface area contributed by atoms with E-state index in [0.29, 0.717) is 23.4 Å². The Kier molecular flexibility index (Phi) is 5.25. The van der Waals surface area contributed by atoms with Crippen LogP contribution in [0.3, 0.4) is 0 Å². The highest BCUT2D eigenvalue weighted by molar-refractivity contribution is 7.80. The first-order chi connectivity index (χ1) is 12.1. The molecule has 3 aromatic rings. The van der Waals surface area contributed by atoms with Gasteiger partial charge in [0.25, 0.3) is 0 Å². The van der Waals surface area contributed by atoms with E-state index >= 15 is 0 Å². The Morgan fingerprint density at radius 3 is 2.84 bits per heavy atom. The van der Waals surface area contributed by atoms with Crippen LogP contribution in [0.15, 0.2) is 53.1 Å². The van der Waals surface area contributed by atoms with E-state index in [9.17, 15) is 0 Å². The zero-order valence-corrected chi connectivity index (χ0v) is 14.8. The van der Waals surface area contributed by atoms with Crippen LogP contribution in [0.25, 0.3) is 11.4 Å². The molecular weight excluding hydrogens is 336 g/mol. The summed E-state index contributed by atoms with van der Waals surface area (Å²) in [6.45, 7) is 2.36. The Labute approximate surface area is 151 Å². The lowest BCUT2D eigenvalue weighted by Gasteiger charge is -2.09. The van der Waals surface area contributed by atoms with Gasteiger partial charge in [-0.05, 0) is 37.3 Å². The number of methoxy groups -OCH3 is 1. The maximum Gasteiger partial charge on any atom is 0.246 e. The Morgan fingerprint density at radius 2 is 2.04 bits per heavy atom. The van der Waals surface area contributed by atoms with Crippen LogP contribution in [-0.4, -0.2) is 22.4 Å². The molecule has 2 N–H and O–H groups in total. The summed E-state index contributed by atoms with van der Waals surface area (Å²) in [5.74, 6) is 1.78. The van der Waals surface area contributed by atoms with Gasteiger partial charge in [-0.1, -0.05) is 35.0 Å². The Balaban J connectivity index is 1.57. The molecule has 7 heteroatoms. The van der Waals surface area contributed by atoms with Gasteiger partial charge in [-0.3, -0.25) is 0 Å². The van der Waals surface area contributed by atoms with Crippen LogP contribution in [0.2, 0.25) is 0 Å². The van der Waals surface area contributed by atoms with Crippen LogP contribution >= 0.6 is 12.2 Å². The summed E-state index contributed by atoms with van der Waals surface area (Å²) in [5, 5.41) is 10.6. The molecule has 3 rings (SSSR count). The fraction of sp³-hybridized carbons (Fsp3) is 0.167. The second-order valence-corrected chi connectivity index (χ2v) is 5.83. The van der Waals surface area contributed by atoms with Crippen molar-refractivity contribution in [3.63, 3.8) is 0 Å². The molecule has 0 saturated carbocycles. The molecule has 6 nitrogen and oxygen atoms in total. The van der Waals surface area contributed by atoms with Crippen LogP contribution in [0, 0.1) is 6.92 Å². The number of thiocarbonyl (C=S) groups is 1. The number of nitrogens with zero attached hydrogens (tertiary/aromatic N) is 2. The molecule has 0 bridgehead atoms. The van der Waals surface area contributed by atoms with Gasteiger partial charge in [-0.25, -0.2) is 0 Å². The van der Waals surface area contributed by atoms with E-state index < -0.39 is 0 Å². The average molecular weight is 354 g/mol. The minimum Gasteiger partial charge on any atom is -0.497 e. The normalized spacial score (nSPS) is 10.3. The number of aryl methyl sites for hydroxylation is 1. The van der Waals surface area contributed by atoms with Crippen molar-refractivity contribution in [2.24, 2.45) is 0 Å². The van der Waals surface area contributed by atoms with Crippen molar-refractivity contribution in [3.05, 3.63) is 60.0 Å². The summed E-state index contributed by atoms with van der Waals surface area (Å²) >= 11 is 5.28. The topological polar surface area (TPSA) is 72.2 Å². The minimum absolute atomic E-state index is 0.342. The smallest absolute Gasteiger partial charge is 0.246 e. The lowest BCUT2D eigenvalue weighted by atomic mass is 10.1. The van der Waals surface area contributed by atoms with E-state index in [1.54, 1.807) is 7.11 Å². The van der Waals surface area contributed by atoms with E-state index in [1.807, 2.05) is 55.5 Å². The molecule has 25 heavy (non-hydrogen) atoms. The van der Waals surface area contributed by atoms with Gasteiger partial charge in [-0.15, -0.1) is 0 Å². The number of benzene rings is 2. The maximum atomic E-state index is 5.28. The van der Waals surface area contributed by atoms with Crippen LogP contribution < -0.4 is 15.4 Å². The van der Waals surface area contributed by atoms with Gasteiger partial charge in [0.2, 0.25) is 11.7 Å². The molecule has 128 valence electrons. The second-order valence-electron chi connectivity index (χ2n) is 5.42. The predicted octanol–water partition coefficient (Wildman–Crippen LogP) is 3.54. The Hall–Kier alpha value is -2.93. The van der Waals surface area contributed by atoms with Crippen molar-refractivity contribution >= 4 is 23.0 Å². The summed E-state index contributed by atoms with van der Waals surface area (Å²) in [7, 11) is 1.62. The first-order valence-corrected chi connectivity index (χ1v) is 8.13. The monoisotopic (exact) mass is 354 g/mol. The highest BCUT2D eigenvalue weighted by Gasteiger charge is 2.09. The number of hydrogen-bond donors (Lipinski definition) is 2. The molecule has 0 aliphatic carbocycles. The van der Waals surface area contributed by atoms with Gasteiger partial charge >= 0.3 is 0 Å². The van der Waals surface area contributed by atoms with Crippen molar-refractivity contribution < 1.29 is 9.26 Å². The molecule has 0 fully saturated rings. The van der Waals surface area contributed by atoms with Crippen molar-refractivity contribution in [3.8, 4) is 17.1 Å². The molecule has 0 saturated heterocycles. The molecule has 0 unspecified atom stereocenters. The number of nitrogens with one attached hydrogen (secondary N) is 2. The van der Waals surface area contributed by atoms with Crippen molar-refractivity contribution in [2.45, 2.75) is 13.5 Å². The van der Waals surface area contributed by atoms with Crippen LogP contribution in [0.5, 0.6) is 5.75 Å². The average Bonchev–Trinajstić information content (AvgIpc) is 3.09. The number of rotatable bonds is 5. The lowest BCUT2D eigenvalue weighted by molar-refractivity contribution is 0.376. The summed E-state index contributed by atoms with van der Waals surface area (Å²) in [6, 6.07) is 15.5. The van der Waals surface area contributed by atoms with Gasteiger partial charge in [0.15, 0.2) is 5.11 Å². The molecule has 0 aliphatic rings. The molecule has 1 aromatic heterocycles. The fourth-order valence-electron chi connectivity index (χ4n) is 2.26. The number of aromatic nitrogens is 2. The van der Waals surface area contributed by atoms with Gasteiger partial charge in [0.1, 0.15) is 5.75 Å². The predicted molar refractivity (Wildman–Crippen MR) is 101 cm³/mol.